The average Bonchev–Trinajstić information content (AvgIpc) is 2.19. The second-order valence-corrected chi connectivity index (χ2v) is 4.65. The van der Waals surface area contributed by atoms with Gasteiger partial charge in [0.15, 0.2) is 0 Å². The number of phenolic OH excluding ortho intramolecular Hbond substituents is 1. The highest BCUT2D eigenvalue weighted by atomic mass is 16.3. The number of carbonyl (C=O) groups is 1. The minimum Gasteiger partial charge on any atom is -0.507 e. The first-order valence-corrected chi connectivity index (χ1v) is 5.21. The maximum Gasteiger partial charge on any atom is 0.131 e. The van der Waals surface area contributed by atoms with Gasteiger partial charge in [0.05, 0.1) is 12.0 Å². The molecule has 2 heteroatoms. The Kier molecular flexibility index (Phi) is 3.73. The third-order valence-corrected chi connectivity index (χ3v) is 2.27. The molecule has 0 atom stereocenters. The van der Waals surface area contributed by atoms with Gasteiger partial charge in [0.25, 0.3) is 0 Å². The van der Waals surface area contributed by atoms with Gasteiger partial charge in [-0.05, 0) is 23.1 Å². The summed E-state index contributed by atoms with van der Waals surface area (Å²) in [6.07, 6.45) is 0.941. The van der Waals surface area contributed by atoms with Gasteiger partial charge in [-0.1, -0.05) is 38.7 Å². The first-order chi connectivity index (χ1) is 7.45. The van der Waals surface area contributed by atoms with Crippen LogP contribution in [-0.2, 0) is 10.2 Å². The van der Waals surface area contributed by atoms with Crippen molar-refractivity contribution < 1.29 is 9.90 Å². The van der Waals surface area contributed by atoms with E-state index in [1.165, 1.54) is 0 Å². The largest absolute Gasteiger partial charge is 0.507 e. The van der Waals surface area contributed by atoms with Gasteiger partial charge in [-0.2, -0.15) is 0 Å². The zero-order valence-electron chi connectivity index (χ0n) is 9.87. The molecule has 0 saturated heterocycles. The fourth-order valence-corrected chi connectivity index (χ4v) is 1.29. The Morgan fingerprint density at radius 2 is 2.06 bits per heavy atom. The molecule has 1 rings (SSSR count). The Balaban J connectivity index is 3.10. The number of rotatable bonds is 1. The normalized spacial score (nSPS) is 10.4. The molecule has 2 nitrogen and oxygen atoms in total. The van der Waals surface area contributed by atoms with Crippen LogP contribution in [0.3, 0.4) is 0 Å². The van der Waals surface area contributed by atoms with E-state index in [2.05, 4.69) is 32.6 Å². The summed E-state index contributed by atoms with van der Waals surface area (Å²) in [6, 6.07) is 5.40. The molecule has 0 unspecified atom stereocenters. The van der Waals surface area contributed by atoms with Gasteiger partial charge in [0.1, 0.15) is 12.0 Å². The first-order valence-electron chi connectivity index (χ1n) is 5.21. The third-order valence-electron chi connectivity index (χ3n) is 2.27. The van der Waals surface area contributed by atoms with E-state index in [4.69, 9.17) is 0 Å². The van der Waals surface area contributed by atoms with Crippen molar-refractivity contribution in [3.63, 3.8) is 0 Å². The molecule has 0 spiro atoms. The topological polar surface area (TPSA) is 37.3 Å². The molecule has 0 aromatic heterocycles. The lowest BCUT2D eigenvalue weighted by Crippen LogP contribution is -2.10. The second-order valence-electron chi connectivity index (χ2n) is 4.65. The van der Waals surface area contributed by atoms with Crippen molar-refractivity contribution in [2.45, 2.75) is 32.6 Å². The zero-order chi connectivity index (χ0) is 12.2. The van der Waals surface area contributed by atoms with Crippen LogP contribution in [0.5, 0.6) is 5.75 Å². The summed E-state index contributed by atoms with van der Waals surface area (Å²) in [6.45, 7) is 6.30. The number of aldehydes is 1. The van der Waals surface area contributed by atoms with Gasteiger partial charge in [-0.25, -0.2) is 0 Å². The SMILES string of the molecule is CC(C)(C)c1ccc(O)c(C#CCC=O)c1. The number of hydrogen-bond donors (Lipinski definition) is 1. The molecular formula is C14H16O2. The minimum absolute atomic E-state index is 0.0226. The molecule has 0 aliphatic rings. The molecule has 0 aliphatic heterocycles. The van der Waals surface area contributed by atoms with Gasteiger partial charge >= 0.3 is 0 Å². The number of benzene rings is 1. The van der Waals surface area contributed by atoms with Gasteiger partial charge < -0.3 is 9.90 Å². The summed E-state index contributed by atoms with van der Waals surface area (Å²) < 4.78 is 0. The van der Waals surface area contributed by atoms with Crippen molar-refractivity contribution in [3.05, 3.63) is 29.3 Å². The van der Waals surface area contributed by atoms with Crippen molar-refractivity contribution in [3.8, 4) is 17.6 Å². The van der Waals surface area contributed by atoms with E-state index in [1.54, 1.807) is 6.07 Å². The molecule has 1 N–H and O–H groups in total. The fraction of sp³-hybridized carbons (Fsp3) is 0.357. The van der Waals surface area contributed by atoms with E-state index in [0.717, 1.165) is 11.8 Å². The Bertz CT molecular complexity index is 442. The van der Waals surface area contributed by atoms with Crippen molar-refractivity contribution in [2.24, 2.45) is 0 Å². The maximum atomic E-state index is 10.1. The van der Waals surface area contributed by atoms with Crippen molar-refractivity contribution in [2.75, 3.05) is 0 Å². The molecule has 0 aliphatic carbocycles. The lowest BCUT2D eigenvalue weighted by Gasteiger charge is -2.19. The smallest absolute Gasteiger partial charge is 0.131 e. The van der Waals surface area contributed by atoms with Crippen LogP contribution in [0.4, 0.5) is 0 Å². The van der Waals surface area contributed by atoms with E-state index in [9.17, 15) is 9.90 Å². The Labute approximate surface area is 96.3 Å². The molecule has 84 valence electrons. The molecule has 0 saturated carbocycles. The quantitative estimate of drug-likeness (QED) is 0.578. The Morgan fingerprint density at radius 1 is 1.38 bits per heavy atom. The lowest BCUT2D eigenvalue weighted by atomic mass is 9.86. The van der Waals surface area contributed by atoms with E-state index in [0.29, 0.717) is 5.56 Å². The maximum absolute atomic E-state index is 10.1. The summed E-state index contributed by atoms with van der Waals surface area (Å²) >= 11 is 0. The van der Waals surface area contributed by atoms with Gasteiger partial charge in [-0.3, -0.25) is 0 Å². The monoisotopic (exact) mass is 216 g/mol. The number of carbonyl (C=O) groups excluding carboxylic acids is 1. The van der Waals surface area contributed by atoms with Gasteiger partial charge in [-0.15, -0.1) is 0 Å². The summed E-state index contributed by atoms with van der Waals surface area (Å²) in [5.74, 6) is 5.65. The van der Waals surface area contributed by atoms with Crippen LogP contribution in [0.2, 0.25) is 0 Å². The van der Waals surface area contributed by atoms with Crippen LogP contribution in [-0.4, -0.2) is 11.4 Å². The summed E-state index contributed by atoms with van der Waals surface area (Å²) in [5.41, 5.74) is 1.71. The number of aromatic hydroxyl groups is 1. The van der Waals surface area contributed by atoms with Crippen molar-refractivity contribution >= 4 is 6.29 Å². The molecule has 0 radical (unpaired) electrons. The van der Waals surface area contributed by atoms with Crippen LogP contribution in [0.1, 0.15) is 38.3 Å². The minimum atomic E-state index is 0.0226. The van der Waals surface area contributed by atoms with E-state index >= 15 is 0 Å². The van der Waals surface area contributed by atoms with E-state index < -0.39 is 0 Å². The van der Waals surface area contributed by atoms with E-state index in [-0.39, 0.29) is 17.6 Å². The molecule has 0 amide bonds. The molecule has 1 aromatic carbocycles. The second kappa shape index (κ2) is 4.85. The summed E-state index contributed by atoms with van der Waals surface area (Å²) in [7, 11) is 0. The highest BCUT2D eigenvalue weighted by Gasteiger charge is 2.14. The average molecular weight is 216 g/mol. The molecular weight excluding hydrogens is 200 g/mol. The highest BCUT2D eigenvalue weighted by molar-refractivity contribution is 5.56. The first kappa shape index (κ1) is 12.3. The van der Waals surface area contributed by atoms with Crippen LogP contribution in [0, 0.1) is 11.8 Å². The van der Waals surface area contributed by atoms with E-state index in [1.807, 2.05) is 12.1 Å². The fourth-order valence-electron chi connectivity index (χ4n) is 1.29. The third kappa shape index (κ3) is 3.13. The molecule has 0 bridgehead atoms. The number of phenols is 1. The van der Waals surface area contributed by atoms with Gasteiger partial charge in [0.2, 0.25) is 0 Å². The molecule has 1 aromatic rings. The predicted octanol–water partition coefficient (Wildman–Crippen LogP) is 2.63. The van der Waals surface area contributed by atoms with Crippen molar-refractivity contribution in [1.82, 2.24) is 0 Å². The summed E-state index contributed by atoms with van der Waals surface area (Å²) in [5, 5.41) is 9.61. The highest BCUT2D eigenvalue weighted by Crippen LogP contribution is 2.26. The molecule has 16 heavy (non-hydrogen) atoms. The van der Waals surface area contributed by atoms with Crippen LogP contribution < -0.4 is 0 Å². The van der Waals surface area contributed by atoms with Crippen molar-refractivity contribution in [1.29, 1.82) is 0 Å². The Morgan fingerprint density at radius 3 is 2.62 bits per heavy atom. The van der Waals surface area contributed by atoms with Gasteiger partial charge in [0, 0.05) is 0 Å². The zero-order valence-corrected chi connectivity index (χ0v) is 9.87. The van der Waals surface area contributed by atoms with Crippen LogP contribution in [0.15, 0.2) is 18.2 Å². The molecule has 0 fully saturated rings. The lowest BCUT2D eigenvalue weighted by molar-refractivity contribution is -0.107. The predicted molar refractivity (Wildman–Crippen MR) is 64.4 cm³/mol. The Hall–Kier alpha value is -1.75. The number of hydrogen-bond acceptors (Lipinski definition) is 2. The van der Waals surface area contributed by atoms with Crippen LogP contribution in [0.25, 0.3) is 0 Å². The summed E-state index contributed by atoms with van der Waals surface area (Å²) in [4.78, 5) is 10.1. The van der Waals surface area contributed by atoms with Crippen LogP contribution >= 0.6 is 0 Å². The molecule has 0 heterocycles. The standard InChI is InChI=1S/C14H16O2/c1-14(2,3)12-7-8-13(16)11(10-12)6-4-5-9-15/h7-10,16H,5H2,1-3H3.